The maximum absolute atomic E-state index is 8.74. The van der Waals surface area contributed by atoms with E-state index in [9.17, 15) is 0 Å². The first-order valence-corrected chi connectivity index (χ1v) is 2.10. The van der Waals surface area contributed by atoms with Crippen LogP contribution in [0.2, 0.25) is 0 Å². The van der Waals surface area contributed by atoms with Crippen LogP contribution in [0.25, 0.3) is 0 Å². The van der Waals surface area contributed by atoms with E-state index in [4.69, 9.17) is 17.5 Å². The van der Waals surface area contributed by atoms with Crippen molar-refractivity contribution in [3.63, 3.8) is 0 Å². The van der Waals surface area contributed by atoms with Crippen molar-refractivity contribution < 1.29 is 23.2 Å². The average molecular weight is 316 g/mol. The van der Waals surface area contributed by atoms with Gasteiger partial charge in [0.05, 0.1) is 0 Å². The third-order valence-corrected chi connectivity index (χ3v) is 0. The second kappa shape index (κ2) is 9.99. The van der Waals surface area contributed by atoms with Gasteiger partial charge in [0.25, 0.3) is 0 Å². The largest absolute Gasteiger partial charge is 2.00 e. The van der Waals surface area contributed by atoms with Crippen LogP contribution in [0.5, 0.6) is 0 Å². The first-order chi connectivity index (χ1) is 2.00. The minimum absolute atomic E-state index is 0. The molecule has 0 amide bonds. The van der Waals surface area contributed by atoms with Gasteiger partial charge in [-0.05, 0) is 0 Å². The van der Waals surface area contributed by atoms with Crippen LogP contribution in [-0.4, -0.2) is 104 Å². The number of hydrogen-bond donors (Lipinski definition) is 2. The Morgan fingerprint density at radius 2 is 1.25 bits per heavy atom. The molecule has 0 spiro atoms. The van der Waals surface area contributed by atoms with Gasteiger partial charge >= 0.3 is 97.0 Å². The second-order valence-corrected chi connectivity index (χ2v) is 1.34. The van der Waals surface area contributed by atoms with Crippen LogP contribution < -0.4 is 0 Å². The molecule has 0 unspecified atom stereocenters. The van der Waals surface area contributed by atoms with E-state index in [0.717, 1.165) is 0 Å². The third kappa shape index (κ3) is 64.2. The average Bonchev–Trinajstić information content (AvgIpc) is 0.722. The number of rotatable bonds is 0. The van der Waals surface area contributed by atoms with Crippen LogP contribution in [0.1, 0.15) is 5.71 Å². The molecule has 0 heterocycles. The molecular formula is H7BaCaClO4S. The quantitative estimate of drug-likeness (QED) is 0.465. The Labute approximate surface area is 130 Å². The molecule has 0 bridgehead atoms. The van der Waals surface area contributed by atoms with E-state index in [1.807, 2.05) is 0 Å². The Hall–Kier alpha value is 2.99. The number of hydrogen-bond acceptors (Lipinski definition) is 2. The van der Waals surface area contributed by atoms with Gasteiger partial charge in [0.15, 0.2) is 0 Å². The van der Waals surface area contributed by atoms with Crippen molar-refractivity contribution in [1.82, 2.24) is 0 Å². The van der Waals surface area contributed by atoms with Gasteiger partial charge in [-0.15, -0.1) is 12.4 Å². The molecule has 0 aliphatic carbocycles. The normalized spacial score (nSPS) is 7.25. The van der Waals surface area contributed by atoms with Crippen molar-refractivity contribution in [2.24, 2.45) is 0 Å². The van der Waals surface area contributed by atoms with E-state index < -0.39 is 10.4 Å². The summed E-state index contributed by atoms with van der Waals surface area (Å²) in [5.41, 5.74) is 0. The molecule has 0 saturated carbocycles. The van der Waals surface area contributed by atoms with Gasteiger partial charge in [0.1, 0.15) is 0 Å². The monoisotopic (exact) mass is 316 g/mol. The summed E-state index contributed by atoms with van der Waals surface area (Å²) in [4.78, 5) is 0. The van der Waals surface area contributed by atoms with Crippen molar-refractivity contribution in [2.75, 3.05) is 0 Å². The summed E-state index contributed by atoms with van der Waals surface area (Å²) in [5.74, 6) is 0. The van der Waals surface area contributed by atoms with Crippen molar-refractivity contribution >= 4 is 109 Å². The summed E-state index contributed by atoms with van der Waals surface area (Å²) in [6.07, 6.45) is 0. The molecule has 0 fully saturated rings. The van der Waals surface area contributed by atoms with Crippen LogP contribution >= 0.6 is 12.4 Å². The summed E-state index contributed by atoms with van der Waals surface area (Å²) in [7, 11) is -4.67. The van der Waals surface area contributed by atoms with Gasteiger partial charge in [0, 0.05) is 0 Å². The smallest absolute Gasteiger partial charge is 1.00 e. The van der Waals surface area contributed by atoms with Gasteiger partial charge in [-0.25, -0.2) is 0 Å². The first kappa shape index (κ1) is 22.4. The van der Waals surface area contributed by atoms with Gasteiger partial charge in [-0.2, -0.15) is 8.42 Å². The molecular weight excluding hydrogens is 309 g/mol. The molecule has 0 radical (unpaired) electrons. The SMILES string of the molecule is Cl.O=S(=O)(O)O.[Ba+2].[Ca+2].[H-].[H-].[H-].[H-]. The van der Waals surface area contributed by atoms with Crippen molar-refractivity contribution in [2.45, 2.75) is 0 Å². The molecule has 0 aliphatic rings. The minimum atomic E-state index is -4.67. The van der Waals surface area contributed by atoms with E-state index in [0.29, 0.717) is 0 Å². The summed E-state index contributed by atoms with van der Waals surface area (Å²) in [5, 5.41) is 0. The maximum Gasteiger partial charge on any atom is 2.00 e. The van der Waals surface area contributed by atoms with Crippen molar-refractivity contribution in [3.05, 3.63) is 0 Å². The molecule has 0 aromatic rings. The molecule has 48 valence electrons. The van der Waals surface area contributed by atoms with E-state index in [2.05, 4.69) is 0 Å². The predicted molar refractivity (Wildman–Crippen MR) is 37.4 cm³/mol. The molecule has 8 heteroatoms. The second-order valence-electron chi connectivity index (χ2n) is 0.448. The van der Waals surface area contributed by atoms with E-state index in [-0.39, 0.29) is 105 Å². The molecule has 4 nitrogen and oxygen atoms in total. The predicted octanol–water partition coefficient (Wildman–Crippen LogP) is -0.543. The molecule has 0 aromatic carbocycles. The third-order valence-electron chi connectivity index (χ3n) is 0. The van der Waals surface area contributed by atoms with E-state index >= 15 is 0 Å². The maximum atomic E-state index is 8.74. The van der Waals surface area contributed by atoms with E-state index in [1.165, 1.54) is 0 Å². The Kier molecular flexibility index (Phi) is 28.0. The topological polar surface area (TPSA) is 74.6 Å². The van der Waals surface area contributed by atoms with Crippen LogP contribution in [0, 0.1) is 0 Å². The molecule has 8 heavy (non-hydrogen) atoms. The molecule has 0 aliphatic heterocycles. The Morgan fingerprint density at radius 1 is 1.25 bits per heavy atom. The first-order valence-electron chi connectivity index (χ1n) is 0.698. The van der Waals surface area contributed by atoms with Crippen LogP contribution in [0.4, 0.5) is 0 Å². The number of halogens is 1. The minimum Gasteiger partial charge on any atom is -1.00 e. The molecule has 0 aromatic heterocycles. The van der Waals surface area contributed by atoms with E-state index in [1.54, 1.807) is 0 Å². The van der Waals surface area contributed by atoms with Crippen LogP contribution in [-0.2, 0) is 10.4 Å². The summed E-state index contributed by atoms with van der Waals surface area (Å²) < 4.78 is 31.6. The van der Waals surface area contributed by atoms with Gasteiger partial charge in [-0.3, -0.25) is 9.11 Å². The van der Waals surface area contributed by atoms with Gasteiger partial charge < -0.3 is 5.71 Å². The summed E-state index contributed by atoms with van der Waals surface area (Å²) in [6.45, 7) is 0. The standard InChI is InChI=1S/Ba.Ca.ClH.H2O4S.4H/c;;;1-5(2,3)4;;;;/h;;1H;(H2,1,2,3,4);;;;/q2*+2;;;4*-1. The Morgan fingerprint density at radius 3 is 1.25 bits per heavy atom. The Balaban J connectivity index is -0.00000000381. The fourth-order valence-corrected chi connectivity index (χ4v) is 0. The molecule has 0 saturated heterocycles. The van der Waals surface area contributed by atoms with Gasteiger partial charge in [0.2, 0.25) is 0 Å². The van der Waals surface area contributed by atoms with Crippen molar-refractivity contribution in [3.8, 4) is 0 Å². The summed E-state index contributed by atoms with van der Waals surface area (Å²) >= 11 is 0. The fraction of sp³-hybridized carbons (Fsp3) is 0. The zero-order chi connectivity index (χ0) is 4.50. The molecule has 0 atom stereocenters. The van der Waals surface area contributed by atoms with Crippen LogP contribution in [0.15, 0.2) is 0 Å². The molecule has 0 rings (SSSR count). The van der Waals surface area contributed by atoms with Gasteiger partial charge in [-0.1, -0.05) is 0 Å². The fourth-order valence-electron chi connectivity index (χ4n) is 0. The zero-order valence-electron chi connectivity index (χ0n) is 7.94. The van der Waals surface area contributed by atoms with Crippen molar-refractivity contribution in [1.29, 1.82) is 0 Å². The van der Waals surface area contributed by atoms with Crippen LogP contribution in [0.3, 0.4) is 0 Å². The zero-order valence-corrected chi connectivity index (χ0v) is 12.2. The summed E-state index contributed by atoms with van der Waals surface area (Å²) in [6, 6.07) is 0. The molecule has 2 N–H and O–H groups in total. The Bertz CT molecular complexity index is 110.